The van der Waals surface area contributed by atoms with Gasteiger partial charge in [0.15, 0.2) is 0 Å². The predicted molar refractivity (Wildman–Crippen MR) is 117 cm³/mol. The topological polar surface area (TPSA) is 66.9 Å². The Morgan fingerprint density at radius 2 is 1.80 bits per heavy atom. The highest BCUT2D eigenvalue weighted by molar-refractivity contribution is 7.94. The van der Waals surface area contributed by atoms with Gasteiger partial charge in [0.1, 0.15) is 16.5 Å². The van der Waals surface area contributed by atoms with E-state index in [1.54, 1.807) is 46.7 Å². The summed E-state index contributed by atoms with van der Waals surface area (Å²) in [6, 6.07) is 18.1. The number of anilines is 1. The third-order valence-corrected chi connectivity index (χ3v) is 8.29. The number of fused-ring (bicyclic) bond motifs is 1. The van der Waals surface area contributed by atoms with E-state index >= 15 is 0 Å². The molecule has 1 aliphatic rings. The summed E-state index contributed by atoms with van der Waals surface area (Å²) in [4.78, 5) is 14.9. The summed E-state index contributed by atoms with van der Waals surface area (Å²) in [5.74, 6) is 0.157. The molecule has 2 aromatic carbocycles. The van der Waals surface area contributed by atoms with Crippen molar-refractivity contribution in [2.24, 2.45) is 0 Å². The Kier molecular flexibility index (Phi) is 5.78. The number of hydrogen-bond acceptors (Lipinski definition) is 5. The molecule has 0 N–H and O–H groups in total. The van der Waals surface area contributed by atoms with Crippen LogP contribution in [0.1, 0.15) is 11.1 Å². The smallest absolute Gasteiger partial charge is 0.274 e. The molecule has 0 unspecified atom stereocenters. The van der Waals surface area contributed by atoms with Crippen LogP contribution in [0.2, 0.25) is 0 Å². The van der Waals surface area contributed by atoms with Gasteiger partial charge in [-0.3, -0.25) is 9.10 Å². The molecule has 1 aromatic heterocycles. The highest BCUT2D eigenvalue weighted by Crippen LogP contribution is 2.33. The Labute approximate surface area is 180 Å². The molecule has 3 aromatic rings. The molecule has 0 radical (unpaired) electrons. The van der Waals surface area contributed by atoms with Crippen LogP contribution in [0.15, 0.2) is 70.3 Å². The second-order valence-corrected chi connectivity index (χ2v) is 9.99. The minimum Gasteiger partial charge on any atom is -0.495 e. The monoisotopic (exact) mass is 442 g/mol. The van der Waals surface area contributed by atoms with E-state index in [2.05, 4.69) is 6.07 Å². The van der Waals surface area contributed by atoms with E-state index in [4.69, 9.17) is 4.74 Å². The van der Waals surface area contributed by atoms with E-state index in [9.17, 15) is 13.2 Å². The number of nitrogens with zero attached hydrogens (tertiary/aromatic N) is 2. The molecule has 156 valence electrons. The van der Waals surface area contributed by atoms with Crippen molar-refractivity contribution in [3.8, 4) is 5.75 Å². The highest BCUT2D eigenvalue weighted by atomic mass is 32.2. The van der Waals surface area contributed by atoms with Gasteiger partial charge in [0.2, 0.25) is 5.91 Å². The van der Waals surface area contributed by atoms with Crippen molar-refractivity contribution < 1.29 is 17.9 Å². The third-order valence-electron chi connectivity index (χ3n) is 5.16. The molecule has 0 fully saturated rings. The fourth-order valence-corrected chi connectivity index (χ4v) is 6.12. The molecule has 30 heavy (non-hydrogen) atoms. The largest absolute Gasteiger partial charge is 0.495 e. The van der Waals surface area contributed by atoms with Crippen LogP contribution in [-0.2, 0) is 27.8 Å². The van der Waals surface area contributed by atoms with Crippen molar-refractivity contribution in [3.63, 3.8) is 0 Å². The Bertz CT molecular complexity index is 1140. The first-order chi connectivity index (χ1) is 14.5. The number of sulfonamides is 1. The molecule has 8 heteroatoms. The van der Waals surface area contributed by atoms with Crippen LogP contribution in [0.3, 0.4) is 0 Å². The average Bonchev–Trinajstić information content (AvgIpc) is 3.33. The van der Waals surface area contributed by atoms with Crippen LogP contribution in [0.4, 0.5) is 5.69 Å². The van der Waals surface area contributed by atoms with Crippen molar-refractivity contribution in [1.82, 2.24) is 4.90 Å². The van der Waals surface area contributed by atoms with Gasteiger partial charge >= 0.3 is 0 Å². The summed E-state index contributed by atoms with van der Waals surface area (Å²) < 4.78 is 33.5. The number of ether oxygens (including phenoxy) is 1. The molecule has 1 amide bonds. The summed E-state index contributed by atoms with van der Waals surface area (Å²) in [6.45, 7) is 0.755. The maximum absolute atomic E-state index is 13.4. The first-order valence-corrected chi connectivity index (χ1v) is 11.9. The summed E-state index contributed by atoms with van der Waals surface area (Å²) in [5, 5.41) is 1.71. The molecule has 4 rings (SSSR count). The molecule has 0 bridgehead atoms. The standard InChI is InChI=1S/C22H22N2O4S2/c1-28-20-10-5-4-9-19(20)24(30(26,27)22-11-6-14-29-22)16-21(25)23-13-12-17-7-2-3-8-18(17)15-23/h2-11,14H,12-13,15-16H2,1H3. The highest BCUT2D eigenvalue weighted by Gasteiger charge is 2.32. The normalized spacial score (nSPS) is 13.6. The first-order valence-electron chi connectivity index (χ1n) is 9.54. The zero-order valence-electron chi connectivity index (χ0n) is 16.5. The van der Waals surface area contributed by atoms with Gasteiger partial charge in [-0.05, 0) is 41.1 Å². The van der Waals surface area contributed by atoms with E-state index < -0.39 is 10.0 Å². The lowest BCUT2D eigenvalue weighted by Crippen LogP contribution is -2.44. The van der Waals surface area contributed by atoms with Crippen molar-refractivity contribution >= 4 is 33.0 Å². The quantitative estimate of drug-likeness (QED) is 0.586. The second-order valence-electron chi connectivity index (χ2n) is 6.95. The third kappa shape index (κ3) is 3.93. The van der Waals surface area contributed by atoms with Gasteiger partial charge in [-0.25, -0.2) is 8.42 Å². The number of para-hydroxylation sites is 2. The minimum atomic E-state index is -3.91. The van der Waals surface area contributed by atoms with E-state index in [0.29, 0.717) is 24.5 Å². The van der Waals surface area contributed by atoms with Crippen LogP contribution < -0.4 is 9.04 Å². The number of carbonyl (C=O) groups is 1. The maximum Gasteiger partial charge on any atom is 0.274 e. The number of hydrogen-bond donors (Lipinski definition) is 0. The SMILES string of the molecule is COc1ccccc1N(CC(=O)N1CCc2ccccc2C1)S(=O)(=O)c1cccs1. The minimum absolute atomic E-state index is 0.185. The fourth-order valence-electron chi connectivity index (χ4n) is 3.59. The lowest BCUT2D eigenvalue weighted by molar-refractivity contribution is -0.130. The summed E-state index contributed by atoms with van der Waals surface area (Å²) in [5.41, 5.74) is 2.68. The van der Waals surface area contributed by atoms with Gasteiger partial charge in [0.05, 0.1) is 12.8 Å². The van der Waals surface area contributed by atoms with Crippen LogP contribution in [0.25, 0.3) is 0 Å². The second kappa shape index (κ2) is 8.49. The van der Waals surface area contributed by atoms with Crippen LogP contribution in [-0.4, -0.2) is 39.4 Å². The van der Waals surface area contributed by atoms with E-state index in [1.165, 1.54) is 12.7 Å². The predicted octanol–water partition coefficient (Wildman–Crippen LogP) is 3.54. The van der Waals surface area contributed by atoms with Gasteiger partial charge in [-0.2, -0.15) is 0 Å². The van der Waals surface area contributed by atoms with Crippen molar-refractivity contribution in [3.05, 3.63) is 77.2 Å². The average molecular weight is 443 g/mol. The van der Waals surface area contributed by atoms with E-state index in [-0.39, 0.29) is 16.7 Å². The van der Waals surface area contributed by atoms with E-state index in [0.717, 1.165) is 27.6 Å². The van der Waals surface area contributed by atoms with E-state index in [1.807, 2.05) is 18.2 Å². The molecule has 1 aliphatic heterocycles. The molecular weight excluding hydrogens is 420 g/mol. The number of thiophene rings is 1. The lowest BCUT2D eigenvalue weighted by Gasteiger charge is -2.32. The van der Waals surface area contributed by atoms with Crippen LogP contribution in [0, 0.1) is 0 Å². The molecule has 0 saturated heterocycles. The number of methoxy groups -OCH3 is 1. The number of amides is 1. The first kappa shape index (κ1) is 20.4. The van der Waals surface area contributed by atoms with Crippen molar-refractivity contribution in [2.75, 3.05) is 24.5 Å². The van der Waals surface area contributed by atoms with Gasteiger partial charge in [-0.1, -0.05) is 42.5 Å². The molecule has 6 nitrogen and oxygen atoms in total. The van der Waals surface area contributed by atoms with Crippen LogP contribution >= 0.6 is 11.3 Å². The summed E-state index contributed by atoms with van der Waals surface area (Å²) >= 11 is 1.12. The Hall–Kier alpha value is -2.84. The molecule has 0 saturated carbocycles. The molecular formula is C22H22N2O4S2. The molecule has 0 aliphatic carbocycles. The van der Waals surface area contributed by atoms with Crippen molar-refractivity contribution in [1.29, 1.82) is 0 Å². The van der Waals surface area contributed by atoms with Crippen LogP contribution in [0.5, 0.6) is 5.75 Å². The van der Waals surface area contributed by atoms with Gasteiger partial charge < -0.3 is 9.64 Å². The Balaban J connectivity index is 1.66. The lowest BCUT2D eigenvalue weighted by atomic mass is 10.00. The molecule has 0 atom stereocenters. The maximum atomic E-state index is 13.4. The van der Waals surface area contributed by atoms with Gasteiger partial charge in [0.25, 0.3) is 10.0 Å². The summed E-state index contributed by atoms with van der Waals surface area (Å²) in [7, 11) is -2.43. The fraction of sp³-hybridized carbons (Fsp3) is 0.227. The zero-order chi connectivity index (χ0) is 21.1. The number of carbonyl (C=O) groups excluding carboxylic acids is 1. The molecule has 2 heterocycles. The number of benzene rings is 2. The Morgan fingerprint density at radius 3 is 2.53 bits per heavy atom. The van der Waals surface area contributed by atoms with Crippen molar-refractivity contribution in [2.45, 2.75) is 17.2 Å². The Morgan fingerprint density at radius 1 is 1.07 bits per heavy atom. The van der Waals surface area contributed by atoms with Gasteiger partial charge in [0, 0.05) is 13.1 Å². The van der Waals surface area contributed by atoms with Gasteiger partial charge in [-0.15, -0.1) is 11.3 Å². The number of rotatable bonds is 6. The summed E-state index contributed by atoms with van der Waals surface area (Å²) in [6.07, 6.45) is 0.758. The zero-order valence-corrected chi connectivity index (χ0v) is 18.2. The molecule has 0 spiro atoms.